The average molecular weight is 182 g/mol. The van der Waals surface area contributed by atoms with Crippen molar-refractivity contribution in [3.05, 3.63) is 0 Å². The second-order valence-corrected chi connectivity index (χ2v) is 5.24. The van der Waals surface area contributed by atoms with Gasteiger partial charge < -0.3 is 4.74 Å². The first-order valence-corrected chi connectivity index (χ1v) is 5.86. The van der Waals surface area contributed by atoms with Gasteiger partial charge in [0.15, 0.2) is 0 Å². The Bertz CT molecular complexity index is 168. The van der Waals surface area contributed by atoms with E-state index < -0.39 is 0 Å². The van der Waals surface area contributed by atoms with Crippen molar-refractivity contribution in [1.82, 2.24) is 0 Å². The normalized spacial score (nSPS) is 40.4. The summed E-state index contributed by atoms with van der Waals surface area (Å²) in [6.07, 6.45) is 8.12. The van der Waals surface area contributed by atoms with Crippen LogP contribution in [0.25, 0.3) is 0 Å². The highest BCUT2D eigenvalue weighted by atomic mass is 16.5. The Labute approximate surface area is 81.9 Å². The minimum atomic E-state index is 0.327. The van der Waals surface area contributed by atoms with Crippen LogP contribution < -0.4 is 0 Å². The molecule has 2 atom stereocenters. The van der Waals surface area contributed by atoms with Crippen LogP contribution in [0.1, 0.15) is 52.4 Å². The summed E-state index contributed by atoms with van der Waals surface area (Å²) < 4.78 is 5.96. The highest BCUT2D eigenvalue weighted by Crippen LogP contribution is 2.43. The van der Waals surface area contributed by atoms with Gasteiger partial charge in [-0.25, -0.2) is 0 Å². The van der Waals surface area contributed by atoms with Crippen molar-refractivity contribution in [1.29, 1.82) is 0 Å². The molecule has 1 saturated heterocycles. The van der Waals surface area contributed by atoms with Gasteiger partial charge in [0.25, 0.3) is 0 Å². The van der Waals surface area contributed by atoms with Gasteiger partial charge in [0.2, 0.25) is 0 Å². The van der Waals surface area contributed by atoms with Gasteiger partial charge in [0.05, 0.1) is 5.60 Å². The van der Waals surface area contributed by atoms with E-state index in [1.807, 2.05) is 0 Å². The van der Waals surface area contributed by atoms with Crippen molar-refractivity contribution in [2.75, 3.05) is 6.61 Å². The van der Waals surface area contributed by atoms with Crippen molar-refractivity contribution in [3.8, 4) is 0 Å². The van der Waals surface area contributed by atoms with Crippen molar-refractivity contribution < 1.29 is 4.74 Å². The van der Waals surface area contributed by atoms with Crippen LogP contribution in [-0.2, 0) is 4.74 Å². The van der Waals surface area contributed by atoms with Gasteiger partial charge in [-0.1, -0.05) is 20.3 Å². The van der Waals surface area contributed by atoms with Gasteiger partial charge in [-0.05, 0) is 43.9 Å². The molecule has 2 fully saturated rings. The van der Waals surface area contributed by atoms with Crippen LogP contribution in [0.15, 0.2) is 0 Å². The van der Waals surface area contributed by atoms with Gasteiger partial charge in [-0.2, -0.15) is 0 Å². The summed E-state index contributed by atoms with van der Waals surface area (Å²) in [7, 11) is 0. The SMILES string of the molecule is CC(C)[C@H]1CCC[C@]2(CCCO2)C1. The molecule has 76 valence electrons. The predicted octanol–water partition coefficient (Wildman–Crippen LogP) is 3.38. The van der Waals surface area contributed by atoms with E-state index in [4.69, 9.17) is 4.74 Å². The lowest BCUT2D eigenvalue weighted by Crippen LogP contribution is -2.36. The first kappa shape index (κ1) is 9.51. The molecule has 0 aromatic carbocycles. The molecule has 1 saturated carbocycles. The zero-order chi connectivity index (χ0) is 9.31. The third-order valence-corrected chi connectivity index (χ3v) is 3.97. The van der Waals surface area contributed by atoms with Crippen LogP contribution in [0.3, 0.4) is 0 Å². The maximum atomic E-state index is 5.96. The van der Waals surface area contributed by atoms with E-state index in [1.165, 1.54) is 38.5 Å². The molecule has 2 rings (SSSR count). The van der Waals surface area contributed by atoms with Crippen LogP contribution in [-0.4, -0.2) is 12.2 Å². The molecule has 0 amide bonds. The Morgan fingerprint density at radius 1 is 1.23 bits per heavy atom. The Hall–Kier alpha value is -0.0400. The molecule has 0 aromatic heterocycles. The van der Waals surface area contributed by atoms with E-state index >= 15 is 0 Å². The van der Waals surface area contributed by atoms with Crippen molar-refractivity contribution in [2.24, 2.45) is 11.8 Å². The number of ether oxygens (including phenoxy) is 1. The molecule has 1 aliphatic carbocycles. The van der Waals surface area contributed by atoms with E-state index in [0.29, 0.717) is 5.60 Å². The van der Waals surface area contributed by atoms with Gasteiger partial charge in [-0.3, -0.25) is 0 Å². The molecule has 1 nitrogen and oxygen atoms in total. The number of rotatable bonds is 1. The fourth-order valence-corrected chi connectivity index (χ4v) is 3.05. The highest BCUT2D eigenvalue weighted by molar-refractivity contribution is 4.91. The maximum Gasteiger partial charge on any atom is 0.0686 e. The van der Waals surface area contributed by atoms with Crippen LogP contribution in [0.4, 0.5) is 0 Å². The lowest BCUT2D eigenvalue weighted by atomic mass is 9.72. The molecule has 0 unspecified atom stereocenters. The van der Waals surface area contributed by atoms with Crippen molar-refractivity contribution >= 4 is 0 Å². The van der Waals surface area contributed by atoms with E-state index in [1.54, 1.807) is 0 Å². The standard InChI is InChI=1S/C12H22O/c1-10(2)11-5-3-6-12(9-11)7-4-8-13-12/h10-11H,3-9H2,1-2H3/t11-,12-/m0/s1. The second-order valence-electron chi connectivity index (χ2n) is 5.24. The number of hydrogen-bond donors (Lipinski definition) is 0. The first-order valence-electron chi connectivity index (χ1n) is 5.86. The Morgan fingerprint density at radius 2 is 2.00 bits per heavy atom. The quantitative estimate of drug-likeness (QED) is 0.604. The summed E-state index contributed by atoms with van der Waals surface area (Å²) in [5, 5.41) is 0. The largest absolute Gasteiger partial charge is 0.375 e. The molecule has 0 aromatic rings. The van der Waals surface area contributed by atoms with Crippen LogP contribution in [0.5, 0.6) is 0 Å². The molecular formula is C12H22O. The molecule has 0 bridgehead atoms. The summed E-state index contributed by atoms with van der Waals surface area (Å²) in [6, 6.07) is 0. The van der Waals surface area contributed by atoms with Crippen molar-refractivity contribution in [2.45, 2.75) is 58.0 Å². The third-order valence-electron chi connectivity index (χ3n) is 3.97. The monoisotopic (exact) mass is 182 g/mol. The lowest BCUT2D eigenvalue weighted by Gasteiger charge is -2.39. The zero-order valence-electron chi connectivity index (χ0n) is 9.01. The number of hydrogen-bond acceptors (Lipinski definition) is 1. The van der Waals surface area contributed by atoms with Crippen LogP contribution in [0, 0.1) is 11.8 Å². The zero-order valence-corrected chi connectivity index (χ0v) is 9.01. The minimum Gasteiger partial charge on any atom is -0.375 e. The van der Waals surface area contributed by atoms with E-state index in [0.717, 1.165) is 18.4 Å². The molecule has 1 aliphatic heterocycles. The summed E-state index contributed by atoms with van der Waals surface area (Å²) in [4.78, 5) is 0. The van der Waals surface area contributed by atoms with E-state index in [2.05, 4.69) is 13.8 Å². The predicted molar refractivity (Wildman–Crippen MR) is 54.7 cm³/mol. The molecule has 2 aliphatic rings. The van der Waals surface area contributed by atoms with Crippen LogP contribution >= 0.6 is 0 Å². The fourth-order valence-electron chi connectivity index (χ4n) is 3.05. The molecule has 13 heavy (non-hydrogen) atoms. The molecular weight excluding hydrogens is 160 g/mol. The first-order chi connectivity index (χ1) is 6.22. The highest BCUT2D eigenvalue weighted by Gasteiger charge is 2.40. The Balaban J connectivity index is 1.98. The summed E-state index contributed by atoms with van der Waals surface area (Å²) >= 11 is 0. The van der Waals surface area contributed by atoms with Gasteiger partial charge in [0.1, 0.15) is 0 Å². The van der Waals surface area contributed by atoms with Gasteiger partial charge in [0, 0.05) is 6.61 Å². The maximum absolute atomic E-state index is 5.96. The van der Waals surface area contributed by atoms with Gasteiger partial charge >= 0.3 is 0 Å². The molecule has 1 spiro atoms. The second kappa shape index (κ2) is 3.61. The molecule has 1 heteroatoms. The van der Waals surface area contributed by atoms with E-state index in [-0.39, 0.29) is 0 Å². The third kappa shape index (κ3) is 1.90. The summed E-state index contributed by atoms with van der Waals surface area (Å²) in [5.74, 6) is 1.77. The fraction of sp³-hybridized carbons (Fsp3) is 1.00. The van der Waals surface area contributed by atoms with Crippen molar-refractivity contribution in [3.63, 3.8) is 0 Å². The topological polar surface area (TPSA) is 9.23 Å². The summed E-state index contributed by atoms with van der Waals surface area (Å²) in [5.41, 5.74) is 0.327. The molecule has 0 N–H and O–H groups in total. The Kier molecular flexibility index (Phi) is 2.64. The van der Waals surface area contributed by atoms with Gasteiger partial charge in [-0.15, -0.1) is 0 Å². The smallest absolute Gasteiger partial charge is 0.0686 e. The summed E-state index contributed by atoms with van der Waals surface area (Å²) in [6.45, 7) is 5.74. The van der Waals surface area contributed by atoms with Crippen LogP contribution in [0.2, 0.25) is 0 Å². The molecule has 0 radical (unpaired) electrons. The van der Waals surface area contributed by atoms with E-state index in [9.17, 15) is 0 Å². The minimum absolute atomic E-state index is 0.327. The lowest BCUT2D eigenvalue weighted by molar-refractivity contribution is -0.0468. The average Bonchev–Trinajstić information content (AvgIpc) is 2.53. The Morgan fingerprint density at radius 3 is 2.62 bits per heavy atom. The molecule has 1 heterocycles.